The van der Waals surface area contributed by atoms with Crippen molar-refractivity contribution in [3.8, 4) is 5.69 Å². The van der Waals surface area contributed by atoms with Crippen LogP contribution in [-0.2, 0) is 16.0 Å². The van der Waals surface area contributed by atoms with E-state index >= 15 is 0 Å². The molecule has 26 heavy (non-hydrogen) atoms. The van der Waals surface area contributed by atoms with Crippen LogP contribution in [0.5, 0.6) is 0 Å². The van der Waals surface area contributed by atoms with E-state index in [-0.39, 0.29) is 18.4 Å². The third kappa shape index (κ3) is 4.92. The zero-order valence-corrected chi connectivity index (χ0v) is 14.7. The van der Waals surface area contributed by atoms with Gasteiger partial charge in [0, 0.05) is 19.3 Å². The number of benzene rings is 1. The molecule has 2 aromatic rings. The van der Waals surface area contributed by atoms with E-state index in [4.69, 9.17) is 5.11 Å². The van der Waals surface area contributed by atoms with Gasteiger partial charge >= 0.3 is 5.97 Å². The van der Waals surface area contributed by atoms with Gasteiger partial charge in [-0.25, -0.2) is 4.68 Å². The number of hydrogen-bond acceptors (Lipinski definition) is 4. The number of piperidine rings is 1. The number of amides is 1. The van der Waals surface area contributed by atoms with Crippen LogP contribution in [0.1, 0.15) is 18.4 Å². The summed E-state index contributed by atoms with van der Waals surface area (Å²) >= 11 is 0. The van der Waals surface area contributed by atoms with Crippen molar-refractivity contribution in [3.05, 3.63) is 48.3 Å². The molecule has 1 aromatic heterocycles. The number of carboxylic acids is 1. The second kappa shape index (κ2) is 8.62. The Morgan fingerprint density at radius 3 is 2.85 bits per heavy atom. The van der Waals surface area contributed by atoms with Crippen molar-refractivity contribution in [2.75, 3.05) is 26.2 Å². The van der Waals surface area contributed by atoms with Crippen LogP contribution in [-0.4, -0.2) is 57.8 Å². The van der Waals surface area contributed by atoms with Gasteiger partial charge in [-0.3, -0.25) is 14.5 Å². The van der Waals surface area contributed by atoms with Crippen molar-refractivity contribution in [1.29, 1.82) is 0 Å². The molecular weight excluding hydrogens is 332 g/mol. The normalized spacial score (nSPS) is 17.8. The highest BCUT2D eigenvalue weighted by Crippen LogP contribution is 2.16. The Balaban J connectivity index is 1.41. The number of carbonyl (C=O) groups is 2. The summed E-state index contributed by atoms with van der Waals surface area (Å²) in [4.78, 5) is 25.1. The van der Waals surface area contributed by atoms with Gasteiger partial charge in [0.25, 0.3) is 0 Å². The molecule has 1 aliphatic rings. The molecule has 3 rings (SSSR count). The Bertz CT molecular complexity index is 744. The lowest BCUT2D eigenvalue weighted by molar-refractivity contribution is -0.144. The summed E-state index contributed by atoms with van der Waals surface area (Å²) in [6.07, 6.45) is 5.99. The fourth-order valence-corrected chi connectivity index (χ4v) is 3.22. The molecule has 1 aromatic carbocycles. The van der Waals surface area contributed by atoms with Crippen molar-refractivity contribution < 1.29 is 14.7 Å². The summed E-state index contributed by atoms with van der Waals surface area (Å²) < 4.78 is 1.82. The molecule has 1 amide bonds. The van der Waals surface area contributed by atoms with Gasteiger partial charge < -0.3 is 10.4 Å². The van der Waals surface area contributed by atoms with E-state index in [2.05, 4.69) is 10.4 Å². The lowest BCUT2D eigenvalue weighted by Gasteiger charge is -2.29. The third-order valence-corrected chi connectivity index (χ3v) is 4.61. The van der Waals surface area contributed by atoms with Crippen LogP contribution in [0.25, 0.3) is 5.69 Å². The maximum Gasteiger partial charge on any atom is 0.307 e. The third-order valence-electron chi connectivity index (χ3n) is 4.61. The zero-order chi connectivity index (χ0) is 18.4. The lowest BCUT2D eigenvalue weighted by atomic mass is 9.98. The molecule has 1 saturated heterocycles. The molecular formula is C19H24N4O3. The Kier molecular flexibility index (Phi) is 6.01. The molecule has 1 atom stereocenters. The maximum absolute atomic E-state index is 12.1. The van der Waals surface area contributed by atoms with Crippen LogP contribution in [0.4, 0.5) is 0 Å². The molecule has 7 nitrogen and oxygen atoms in total. The van der Waals surface area contributed by atoms with Gasteiger partial charge in [0.1, 0.15) is 0 Å². The van der Waals surface area contributed by atoms with Crippen molar-refractivity contribution in [2.24, 2.45) is 5.92 Å². The van der Waals surface area contributed by atoms with Crippen LogP contribution in [0.2, 0.25) is 0 Å². The number of para-hydroxylation sites is 1. The fourth-order valence-electron chi connectivity index (χ4n) is 3.22. The van der Waals surface area contributed by atoms with Crippen molar-refractivity contribution in [3.63, 3.8) is 0 Å². The van der Waals surface area contributed by atoms with Crippen LogP contribution in [0, 0.1) is 5.92 Å². The molecule has 1 unspecified atom stereocenters. The number of nitrogens with zero attached hydrogens (tertiary/aromatic N) is 3. The van der Waals surface area contributed by atoms with Crippen molar-refractivity contribution in [2.45, 2.75) is 19.3 Å². The molecule has 7 heteroatoms. The largest absolute Gasteiger partial charge is 0.481 e. The topological polar surface area (TPSA) is 87.5 Å². The SMILES string of the molecule is O=C(CN1CCCC(C(=O)O)C1)NCCc1cnn(-c2ccccc2)c1. The van der Waals surface area contributed by atoms with Crippen LogP contribution in [0.15, 0.2) is 42.7 Å². The van der Waals surface area contributed by atoms with E-state index < -0.39 is 5.97 Å². The van der Waals surface area contributed by atoms with Gasteiger partial charge in [-0.2, -0.15) is 5.10 Å². The first-order valence-electron chi connectivity index (χ1n) is 8.92. The van der Waals surface area contributed by atoms with Gasteiger partial charge in [0.15, 0.2) is 0 Å². The maximum atomic E-state index is 12.1. The highest BCUT2D eigenvalue weighted by Gasteiger charge is 2.26. The van der Waals surface area contributed by atoms with Gasteiger partial charge in [-0.15, -0.1) is 0 Å². The number of nitrogens with one attached hydrogen (secondary N) is 1. The Morgan fingerprint density at radius 1 is 1.27 bits per heavy atom. The highest BCUT2D eigenvalue weighted by molar-refractivity contribution is 5.78. The van der Waals surface area contributed by atoms with Gasteiger partial charge in [-0.1, -0.05) is 18.2 Å². The van der Waals surface area contributed by atoms with Gasteiger partial charge in [0.05, 0.1) is 24.3 Å². The molecule has 1 aliphatic heterocycles. The number of carbonyl (C=O) groups excluding carboxylic acids is 1. The highest BCUT2D eigenvalue weighted by atomic mass is 16.4. The van der Waals surface area contributed by atoms with E-state index in [0.29, 0.717) is 25.9 Å². The second-order valence-corrected chi connectivity index (χ2v) is 6.64. The van der Waals surface area contributed by atoms with Crippen LogP contribution >= 0.6 is 0 Å². The summed E-state index contributed by atoms with van der Waals surface area (Å²) in [5.41, 5.74) is 2.05. The Morgan fingerprint density at radius 2 is 2.08 bits per heavy atom. The summed E-state index contributed by atoms with van der Waals surface area (Å²) in [5.74, 6) is -1.20. The average Bonchev–Trinajstić information content (AvgIpc) is 3.11. The van der Waals surface area contributed by atoms with E-state index in [9.17, 15) is 9.59 Å². The van der Waals surface area contributed by atoms with E-state index in [0.717, 1.165) is 24.2 Å². The quantitative estimate of drug-likeness (QED) is 0.781. The minimum atomic E-state index is -0.773. The monoisotopic (exact) mass is 356 g/mol. The molecule has 0 saturated carbocycles. The van der Waals surface area contributed by atoms with Crippen molar-refractivity contribution in [1.82, 2.24) is 20.0 Å². The number of hydrogen-bond donors (Lipinski definition) is 2. The summed E-state index contributed by atoms with van der Waals surface area (Å²) in [6.45, 7) is 2.02. The Labute approximate surface area is 152 Å². The molecule has 0 aliphatic carbocycles. The first-order chi connectivity index (χ1) is 12.6. The summed E-state index contributed by atoms with van der Waals surface area (Å²) in [5, 5.41) is 16.4. The minimum absolute atomic E-state index is 0.0634. The smallest absolute Gasteiger partial charge is 0.307 e. The molecule has 2 heterocycles. The predicted octanol–water partition coefficient (Wildman–Crippen LogP) is 1.33. The molecule has 0 radical (unpaired) electrons. The summed E-state index contributed by atoms with van der Waals surface area (Å²) in [6, 6.07) is 9.87. The molecule has 138 valence electrons. The lowest BCUT2D eigenvalue weighted by Crippen LogP contribution is -2.44. The minimum Gasteiger partial charge on any atom is -0.481 e. The number of aliphatic carboxylic acids is 1. The first-order valence-corrected chi connectivity index (χ1v) is 8.92. The average molecular weight is 356 g/mol. The summed E-state index contributed by atoms with van der Waals surface area (Å²) in [7, 11) is 0. The predicted molar refractivity (Wildman–Crippen MR) is 97.1 cm³/mol. The number of carboxylic acid groups (broad SMARTS) is 1. The number of aromatic nitrogens is 2. The molecule has 0 spiro atoms. The second-order valence-electron chi connectivity index (χ2n) is 6.64. The molecule has 1 fully saturated rings. The van der Waals surface area contributed by atoms with Gasteiger partial charge in [0.2, 0.25) is 5.91 Å². The number of rotatable bonds is 7. The van der Waals surface area contributed by atoms with Gasteiger partial charge in [-0.05, 0) is 43.5 Å². The first kappa shape index (κ1) is 18.1. The van der Waals surface area contributed by atoms with E-state index in [1.54, 1.807) is 6.20 Å². The standard InChI is InChI=1S/C19H24N4O3/c24-18(14-22-10-4-5-16(13-22)19(25)26)20-9-8-15-11-21-23(12-15)17-6-2-1-3-7-17/h1-3,6-7,11-12,16H,4-5,8-10,13-14H2,(H,20,24)(H,25,26). The van der Waals surface area contributed by atoms with E-state index in [1.807, 2.05) is 46.1 Å². The zero-order valence-electron chi connectivity index (χ0n) is 14.7. The fraction of sp³-hybridized carbons (Fsp3) is 0.421. The van der Waals surface area contributed by atoms with Crippen molar-refractivity contribution >= 4 is 11.9 Å². The van der Waals surface area contributed by atoms with Crippen LogP contribution in [0.3, 0.4) is 0 Å². The number of likely N-dealkylation sites (tertiary alicyclic amines) is 1. The Hall–Kier alpha value is -2.67. The molecule has 2 N–H and O–H groups in total. The van der Waals surface area contributed by atoms with Crippen LogP contribution < -0.4 is 5.32 Å². The van der Waals surface area contributed by atoms with E-state index in [1.165, 1.54) is 0 Å². The molecule has 0 bridgehead atoms.